The van der Waals surface area contributed by atoms with Crippen LogP contribution in [0.5, 0.6) is 0 Å². The molecule has 0 bridgehead atoms. The number of benzene rings is 2. The summed E-state index contributed by atoms with van der Waals surface area (Å²) in [5.74, 6) is 1.16. The van der Waals surface area contributed by atoms with Gasteiger partial charge in [0.25, 0.3) is 0 Å². The van der Waals surface area contributed by atoms with Crippen molar-refractivity contribution < 1.29 is 9.59 Å². The Bertz CT molecular complexity index is 869. The molecule has 1 aliphatic rings. The zero-order chi connectivity index (χ0) is 22.1. The Hall–Kier alpha value is -2.31. The largest absolute Gasteiger partial charge is 0.351 e. The Labute approximate surface area is 190 Å². The molecular formula is C25H33N3O2S. The fourth-order valence-electron chi connectivity index (χ4n) is 3.86. The van der Waals surface area contributed by atoms with Crippen molar-refractivity contribution in [2.24, 2.45) is 5.92 Å². The third-order valence-electron chi connectivity index (χ3n) is 5.43. The van der Waals surface area contributed by atoms with Crippen LogP contribution in [0, 0.1) is 12.8 Å². The van der Waals surface area contributed by atoms with Gasteiger partial charge in [-0.1, -0.05) is 43.3 Å². The Morgan fingerprint density at radius 3 is 2.55 bits per heavy atom. The van der Waals surface area contributed by atoms with E-state index >= 15 is 0 Å². The molecule has 2 amide bonds. The molecule has 166 valence electrons. The maximum atomic E-state index is 12.1. The number of aryl methyl sites for hydroxylation is 1. The summed E-state index contributed by atoms with van der Waals surface area (Å²) in [5.41, 5.74) is 4.29. The Morgan fingerprint density at radius 1 is 1.06 bits per heavy atom. The van der Waals surface area contributed by atoms with Gasteiger partial charge in [-0.2, -0.15) is 0 Å². The van der Waals surface area contributed by atoms with Crippen molar-refractivity contribution in [1.82, 2.24) is 10.2 Å². The monoisotopic (exact) mass is 439 g/mol. The number of rotatable bonds is 9. The molecule has 2 aromatic rings. The molecule has 0 saturated carbocycles. The van der Waals surface area contributed by atoms with Crippen LogP contribution in [0.25, 0.3) is 0 Å². The van der Waals surface area contributed by atoms with Gasteiger partial charge in [-0.25, -0.2) is 0 Å². The summed E-state index contributed by atoms with van der Waals surface area (Å²) in [5, 5.41) is 5.79. The maximum Gasteiger partial charge on any atom is 0.234 e. The van der Waals surface area contributed by atoms with Crippen LogP contribution in [0.15, 0.2) is 48.5 Å². The first-order valence-electron chi connectivity index (χ1n) is 11.0. The van der Waals surface area contributed by atoms with Crippen molar-refractivity contribution in [3.8, 4) is 0 Å². The zero-order valence-corrected chi connectivity index (χ0v) is 19.3. The molecule has 0 spiro atoms. The molecule has 1 heterocycles. The highest BCUT2D eigenvalue weighted by Crippen LogP contribution is 2.18. The van der Waals surface area contributed by atoms with Gasteiger partial charge in [0.15, 0.2) is 0 Å². The molecule has 0 aliphatic carbocycles. The first-order chi connectivity index (χ1) is 15.0. The molecule has 1 unspecified atom stereocenters. The highest BCUT2D eigenvalue weighted by Gasteiger charge is 2.16. The quantitative estimate of drug-likeness (QED) is 0.614. The predicted molar refractivity (Wildman–Crippen MR) is 129 cm³/mol. The lowest BCUT2D eigenvalue weighted by molar-refractivity contribution is -0.118. The topological polar surface area (TPSA) is 61.4 Å². The Kier molecular flexibility index (Phi) is 8.98. The minimum Gasteiger partial charge on any atom is -0.351 e. The van der Waals surface area contributed by atoms with Crippen molar-refractivity contribution in [3.05, 3.63) is 65.2 Å². The lowest BCUT2D eigenvalue weighted by Gasteiger charge is -2.30. The molecule has 3 rings (SSSR count). The number of hydrogen-bond acceptors (Lipinski definition) is 4. The van der Waals surface area contributed by atoms with E-state index in [2.05, 4.69) is 46.7 Å². The second kappa shape index (κ2) is 11.9. The third kappa shape index (κ3) is 8.38. The van der Waals surface area contributed by atoms with E-state index < -0.39 is 0 Å². The van der Waals surface area contributed by atoms with Crippen molar-refractivity contribution in [2.45, 2.75) is 39.8 Å². The van der Waals surface area contributed by atoms with Gasteiger partial charge in [0.1, 0.15) is 0 Å². The van der Waals surface area contributed by atoms with E-state index in [0.29, 0.717) is 6.54 Å². The molecule has 31 heavy (non-hydrogen) atoms. The normalized spacial score (nSPS) is 16.6. The van der Waals surface area contributed by atoms with E-state index in [0.717, 1.165) is 29.3 Å². The molecule has 1 saturated heterocycles. The van der Waals surface area contributed by atoms with Gasteiger partial charge >= 0.3 is 0 Å². The number of nitrogens with one attached hydrogen (secondary N) is 2. The molecule has 6 heteroatoms. The van der Waals surface area contributed by atoms with Crippen LogP contribution in [0.4, 0.5) is 5.69 Å². The van der Waals surface area contributed by atoms with Gasteiger partial charge in [0, 0.05) is 25.3 Å². The first-order valence-corrected chi connectivity index (χ1v) is 12.1. The molecule has 1 atom stereocenters. The minimum absolute atomic E-state index is 0.0558. The van der Waals surface area contributed by atoms with E-state index in [1.165, 1.54) is 43.3 Å². The van der Waals surface area contributed by atoms with Gasteiger partial charge < -0.3 is 10.6 Å². The van der Waals surface area contributed by atoms with Gasteiger partial charge in [0.2, 0.25) is 11.8 Å². The van der Waals surface area contributed by atoms with Crippen LogP contribution in [-0.2, 0) is 22.7 Å². The van der Waals surface area contributed by atoms with Crippen molar-refractivity contribution in [2.75, 3.05) is 29.9 Å². The number of likely N-dealkylation sites (tertiary alicyclic amines) is 1. The fraction of sp³-hybridized carbons (Fsp3) is 0.440. The van der Waals surface area contributed by atoms with E-state index in [-0.39, 0.29) is 23.3 Å². The number of thioether (sulfide) groups is 1. The van der Waals surface area contributed by atoms with Gasteiger partial charge in [-0.3, -0.25) is 14.5 Å². The summed E-state index contributed by atoms with van der Waals surface area (Å²) in [4.78, 5) is 26.6. The van der Waals surface area contributed by atoms with Crippen molar-refractivity contribution in [3.63, 3.8) is 0 Å². The standard InChI is InChI=1S/C25H33N3O2S/c1-19-5-3-7-23(13-19)27-25(30)18-31-17-24(29)26-14-21-8-10-22(11-9-21)16-28-12-4-6-20(2)15-28/h3,5,7-11,13,20H,4,6,12,14-18H2,1-2H3,(H,26,29)(H,27,30). The fourth-order valence-corrected chi connectivity index (χ4v) is 4.51. The summed E-state index contributed by atoms with van der Waals surface area (Å²) < 4.78 is 0. The molecule has 2 N–H and O–H groups in total. The highest BCUT2D eigenvalue weighted by molar-refractivity contribution is 8.00. The van der Waals surface area contributed by atoms with Gasteiger partial charge in [-0.15, -0.1) is 11.8 Å². The van der Waals surface area contributed by atoms with Crippen LogP contribution >= 0.6 is 11.8 Å². The number of piperidine rings is 1. The number of anilines is 1. The Balaban J connectivity index is 1.32. The van der Waals surface area contributed by atoms with E-state index in [1.54, 1.807) is 0 Å². The van der Waals surface area contributed by atoms with Crippen LogP contribution in [0.1, 0.15) is 36.5 Å². The average Bonchev–Trinajstić information content (AvgIpc) is 2.73. The molecule has 1 fully saturated rings. The highest BCUT2D eigenvalue weighted by atomic mass is 32.2. The van der Waals surface area contributed by atoms with Crippen LogP contribution in [-0.4, -0.2) is 41.3 Å². The maximum absolute atomic E-state index is 12.1. The van der Waals surface area contributed by atoms with Crippen molar-refractivity contribution >= 4 is 29.3 Å². The summed E-state index contributed by atoms with van der Waals surface area (Å²) in [6.45, 7) is 8.18. The van der Waals surface area contributed by atoms with Crippen LogP contribution in [0.2, 0.25) is 0 Å². The second-order valence-electron chi connectivity index (χ2n) is 8.49. The van der Waals surface area contributed by atoms with Gasteiger partial charge in [0.05, 0.1) is 11.5 Å². The summed E-state index contributed by atoms with van der Waals surface area (Å²) in [6, 6.07) is 16.2. The van der Waals surface area contributed by atoms with E-state index in [4.69, 9.17) is 0 Å². The Morgan fingerprint density at radius 2 is 1.81 bits per heavy atom. The second-order valence-corrected chi connectivity index (χ2v) is 9.47. The summed E-state index contributed by atoms with van der Waals surface area (Å²) >= 11 is 1.32. The number of carbonyl (C=O) groups is 2. The van der Waals surface area contributed by atoms with Crippen LogP contribution in [0.3, 0.4) is 0 Å². The average molecular weight is 440 g/mol. The predicted octanol–water partition coefficient (Wildman–Crippen LogP) is 4.22. The number of nitrogens with zero attached hydrogens (tertiary/aromatic N) is 1. The minimum atomic E-state index is -0.0953. The van der Waals surface area contributed by atoms with E-state index in [9.17, 15) is 9.59 Å². The number of hydrogen-bond donors (Lipinski definition) is 2. The molecule has 2 aromatic carbocycles. The van der Waals surface area contributed by atoms with E-state index in [1.807, 2.05) is 31.2 Å². The molecule has 1 aliphatic heterocycles. The molecule has 5 nitrogen and oxygen atoms in total. The van der Waals surface area contributed by atoms with Crippen molar-refractivity contribution in [1.29, 1.82) is 0 Å². The summed E-state index contributed by atoms with van der Waals surface area (Å²) in [7, 11) is 0. The van der Waals surface area contributed by atoms with Crippen LogP contribution < -0.4 is 10.6 Å². The summed E-state index contributed by atoms with van der Waals surface area (Å²) in [6.07, 6.45) is 2.63. The SMILES string of the molecule is Cc1cccc(NC(=O)CSCC(=O)NCc2ccc(CN3CCCC(C)C3)cc2)c1. The number of carbonyl (C=O) groups excluding carboxylic acids is 2. The molecule has 0 radical (unpaired) electrons. The lowest BCUT2D eigenvalue weighted by atomic mass is 9.99. The number of amides is 2. The zero-order valence-electron chi connectivity index (χ0n) is 18.5. The van der Waals surface area contributed by atoms with Gasteiger partial charge in [-0.05, 0) is 61.1 Å². The first kappa shape index (κ1) is 23.4. The third-order valence-corrected chi connectivity index (χ3v) is 6.36. The molecular weight excluding hydrogens is 406 g/mol. The smallest absolute Gasteiger partial charge is 0.234 e. The molecule has 0 aromatic heterocycles. The lowest BCUT2D eigenvalue weighted by Crippen LogP contribution is -2.33.